The van der Waals surface area contributed by atoms with Gasteiger partial charge in [-0.15, -0.1) is 0 Å². The third-order valence-corrected chi connectivity index (χ3v) is 4.89. The Hall–Kier alpha value is -2.83. The molecule has 1 aromatic carbocycles. The number of hydrogen-bond donors (Lipinski definition) is 3. The number of ether oxygens (including phenoxy) is 1. The number of anilines is 1. The van der Waals surface area contributed by atoms with Gasteiger partial charge >= 0.3 is 6.09 Å². The number of allylic oxidation sites excluding steroid dienone is 1. The van der Waals surface area contributed by atoms with Crippen LogP contribution in [0.5, 0.6) is 0 Å². The van der Waals surface area contributed by atoms with Gasteiger partial charge in [-0.25, -0.2) is 4.79 Å². The summed E-state index contributed by atoms with van der Waals surface area (Å²) >= 11 is 0. The van der Waals surface area contributed by atoms with E-state index in [-0.39, 0.29) is 24.8 Å². The molecular weight excluding hydrogens is 394 g/mol. The molecule has 7 nitrogen and oxygen atoms in total. The maximum absolute atomic E-state index is 12.0. The summed E-state index contributed by atoms with van der Waals surface area (Å²) in [7, 11) is 0. The van der Waals surface area contributed by atoms with E-state index < -0.39 is 11.7 Å². The Morgan fingerprint density at radius 3 is 2.35 bits per heavy atom. The second-order valence-electron chi connectivity index (χ2n) is 8.90. The summed E-state index contributed by atoms with van der Waals surface area (Å²) in [5.41, 5.74) is 1.04. The van der Waals surface area contributed by atoms with Crippen molar-refractivity contribution in [2.24, 2.45) is 5.92 Å². The highest BCUT2D eigenvalue weighted by Crippen LogP contribution is 2.24. The third-order valence-electron chi connectivity index (χ3n) is 4.89. The van der Waals surface area contributed by atoms with Crippen molar-refractivity contribution in [3.8, 4) is 0 Å². The monoisotopic (exact) mass is 429 g/mol. The SMILES string of the molecule is CC(C)(C)OC(=O)NCCC(=O)Nc1ccc(CNC(=O)/C=C/C2CCCCC2)cc1. The zero-order valence-electron chi connectivity index (χ0n) is 18.8. The minimum Gasteiger partial charge on any atom is -0.444 e. The van der Waals surface area contributed by atoms with Gasteiger partial charge in [-0.1, -0.05) is 37.5 Å². The second kappa shape index (κ2) is 12.1. The first-order valence-electron chi connectivity index (χ1n) is 11.0. The molecule has 0 aromatic heterocycles. The van der Waals surface area contributed by atoms with Crippen molar-refractivity contribution >= 4 is 23.6 Å². The zero-order valence-corrected chi connectivity index (χ0v) is 18.8. The number of alkyl carbamates (subject to hydrolysis) is 1. The minimum absolute atomic E-state index is 0.0829. The normalized spacial score (nSPS) is 14.8. The van der Waals surface area contributed by atoms with E-state index in [1.54, 1.807) is 39.0 Å². The minimum atomic E-state index is -0.570. The van der Waals surface area contributed by atoms with E-state index in [9.17, 15) is 14.4 Å². The Morgan fingerprint density at radius 1 is 1.03 bits per heavy atom. The molecule has 0 radical (unpaired) electrons. The van der Waals surface area contributed by atoms with Crippen LogP contribution in [-0.2, 0) is 20.9 Å². The lowest BCUT2D eigenvalue weighted by Gasteiger charge is -2.19. The summed E-state index contributed by atoms with van der Waals surface area (Å²) in [5, 5.41) is 8.23. The molecule has 0 atom stereocenters. The molecule has 0 bridgehead atoms. The number of benzene rings is 1. The predicted octanol–water partition coefficient (Wildman–Crippen LogP) is 4.29. The van der Waals surface area contributed by atoms with E-state index in [1.165, 1.54) is 32.1 Å². The van der Waals surface area contributed by atoms with Crippen LogP contribution in [0, 0.1) is 5.92 Å². The van der Waals surface area contributed by atoms with Crippen LogP contribution in [0.15, 0.2) is 36.4 Å². The molecule has 1 aliphatic carbocycles. The number of carbonyl (C=O) groups is 3. The van der Waals surface area contributed by atoms with Gasteiger partial charge in [-0.2, -0.15) is 0 Å². The molecule has 7 heteroatoms. The van der Waals surface area contributed by atoms with E-state index >= 15 is 0 Å². The van der Waals surface area contributed by atoms with Gasteiger partial charge in [0, 0.05) is 25.2 Å². The largest absolute Gasteiger partial charge is 0.444 e. The van der Waals surface area contributed by atoms with Crippen molar-refractivity contribution in [2.45, 2.75) is 71.4 Å². The highest BCUT2D eigenvalue weighted by molar-refractivity contribution is 5.91. The van der Waals surface area contributed by atoms with E-state index in [0.717, 1.165) is 5.56 Å². The predicted molar refractivity (Wildman–Crippen MR) is 121 cm³/mol. The average molecular weight is 430 g/mol. The first-order valence-corrected chi connectivity index (χ1v) is 11.0. The Balaban J connectivity index is 1.66. The van der Waals surface area contributed by atoms with Crippen molar-refractivity contribution in [3.63, 3.8) is 0 Å². The number of hydrogen-bond acceptors (Lipinski definition) is 4. The second-order valence-corrected chi connectivity index (χ2v) is 8.90. The standard InChI is InChI=1S/C24H35N3O4/c1-24(2,3)31-23(30)25-16-15-22(29)27-20-12-9-19(10-13-20)17-26-21(28)14-11-18-7-5-4-6-8-18/h9-14,18H,4-8,15-17H2,1-3H3,(H,25,30)(H,26,28)(H,27,29)/b14-11+. The fraction of sp³-hybridized carbons (Fsp3) is 0.542. The van der Waals surface area contributed by atoms with E-state index in [0.29, 0.717) is 18.2 Å². The first kappa shape index (κ1) is 24.4. The molecule has 2 rings (SSSR count). The van der Waals surface area contributed by atoms with Crippen LogP contribution >= 0.6 is 0 Å². The molecule has 0 heterocycles. The molecule has 1 aliphatic rings. The highest BCUT2D eigenvalue weighted by atomic mass is 16.6. The summed E-state index contributed by atoms with van der Waals surface area (Å²) in [6.07, 6.45) is 9.43. The fourth-order valence-electron chi connectivity index (χ4n) is 3.32. The van der Waals surface area contributed by atoms with Gasteiger partial charge in [0.25, 0.3) is 0 Å². The summed E-state index contributed by atoms with van der Waals surface area (Å²) in [6.45, 7) is 5.97. The molecule has 3 N–H and O–H groups in total. The van der Waals surface area contributed by atoms with Gasteiger partial charge in [-0.05, 0) is 63.3 Å². The molecule has 0 unspecified atom stereocenters. The lowest BCUT2D eigenvalue weighted by atomic mass is 9.89. The number of amides is 3. The summed E-state index contributed by atoms with van der Waals surface area (Å²) in [6, 6.07) is 7.30. The third kappa shape index (κ3) is 10.7. The van der Waals surface area contributed by atoms with Gasteiger partial charge in [0.05, 0.1) is 0 Å². The summed E-state index contributed by atoms with van der Waals surface area (Å²) in [4.78, 5) is 35.6. The Kier molecular flexibility index (Phi) is 9.56. The number of carbonyl (C=O) groups excluding carboxylic acids is 3. The molecular formula is C24H35N3O4. The number of nitrogens with one attached hydrogen (secondary N) is 3. The average Bonchev–Trinajstić information content (AvgIpc) is 2.71. The van der Waals surface area contributed by atoms with Crippen molar-refractivity contribution in [2.75, 3.05) is 11.9 Å². The summed E-state index contributed by atoms with van der Waals surface area (Å²) < 4.78 is 5.12. The quantitative estimate of drug-likeness (QED) is 0.537. The molecule has 0 aliphatic heterocycles. The van der Waals surface area contributed by atoms with Crippen molar-refractivity contribution in [1.29, 1.82) is 0 Å². The van der Waals surface area contributed by atoms with Crippen LogP contribution in [0.4, 0.5) is 10.5 Å². The van der Waals surface area contributed by atoms with E-state index in [4.69, 9.17) is 4.74 Å². The maximum atomic E-state index is 12.0. The van der Waals surface area contributed by atoms with Gasteiger partial charge in [0.15, 0.2) is 0 Å². The lowest BCUT2D eigenvalue weighted by Crippen LogP contribution is -2.34. The lowest BCUT2D eigenvalue weighted by molar-refractivity contribution is -0.117. The van der Waals surface area contributed by atoms with Crippen molar-refractivity contribution in [3.05, 3.63) is 42.0 Å². The highest BCUT2D eigenvalue weighted by Gasteiger charge is 2.16. The van der Waals surface area contributed by atoms with Gasteiger partial charge in [-0.3, -0.25) is 9.59 Å². The van der Waals surface area contributed by atoms with Crippen molar-refractivity contribution < 1.29 is 19.1 Å². The van der Waals surface area contributed by atoms with Crippen LogP contribution < -0.4 is 16.0 Å². The van der Waals surface area contributed by atoms with Crippen LogP contribution in [0.1, 0.15) is 64.9 Å². The Morgan fingerprint density at radius 2 is 1.71 bits per heavy atom. The van der Waals surface area contributed by atoms with E-state index in [2.05, 4.69) is 16.0 Å². The van der Waals surface area contributed by atoms with Crippen LogP contribution in [0.2, 0.25) is 0 Å². The zero-order chi connectivity index (χ0) is 22.7. The van der Waals surface area contributed by atoms with Gasteiger partial charge in [0.1, 0.15) is 5.60 Å². The molecule has 170 valence electrons. The molecule has 3 amide bonds. The smallest absolute Gasteiger partial charge is 0.407 e. The first-order chi connectivity index (χ1) is 14.7. The molecule has 1 fully saturated rings. The summed E-state index contributed by atoms with van der Waals surface area (Å²) in [5.74, 6) is 0.243. The molecule has 31 heavy (non-hydrogen) atoms. The molecule has 0 spiro atoms. The van der Waals surface area contributed by atoms with Crippen LogP contribution in [-0.4, -0.2) is 30.1 Å². The maximum Gasteiger partial charge on any atom is 0.407 e. The fourth-order valence-corrected chi connectivity index (χ4v) is 3.32. The van der Waals surface area contributed by atoms with Crippen LogP contribution in [0.25, 0.3) is 0 Å². The van der Waals surface area contributed by atoms with Crippen LogP contribution in [0.3, 0.4) is 0 Å². The topological polar surface area (TPSA) is 96.5 Å². The molecule has 1 saturated carbocycles. The molecule has 1 aromatic rings. The molecule has 0 saturated heterocycles. The Bertz CT molecular complexity index is 760. The number of rotatable bonds is 8. The Labute approximate surface area is 185 Å². The van der Waals surface area contributed by atoms with Gasteiger partial charge < -0.3 is 20.7 Å². The van der Waals surface area contributed by atoms with E-state index in [1.807, 2.05) is 18.2 Å². The van der Waals surface area contributed by atoms with Gasteiger partial charge in [0.2, 0.25) is 11.8 Å². The van der Waals surface area contributed by atoms with Crippen molar-refractivity contribution in [1.82, 2.24) is 10.6 Å².